The molecule has 2 saturated heterocycles. The number of rotatable bonds is 16. The second kappa shape index (κ2) is 19.3. The highest BCUT2D eigenvalue weighted by Gasteiger charge is 2.38. The third-order valence-electron chi connectivity index (χ3n) is 9.38. The third-order valence-corrected chi connectivity index (χ3v) is 9.70. The molecule has 2 fully saturated rings. The number of hydrazine groups is 1. The first-order valence-electron chi connectivity index (χ1n) is 18.5. The van der Waals surface area contributed by atoms with Crippen LogP contribution in [0.3, 0.4) is 0 Å². The Balaban J connectivity index is 1.45. The van der Waals surface area contributed by atoms with Crippen molar-refractivity contribution in [2.45, 2.75) is 89.3 Å². The molecule has 3 amide bonds. The van der Waals surface area contributed by atoms with E-state index in [2.05, 4.69) is 21.0 Å². The van der Waals surface area contributed by atoms with Gasteiger partial charge in [0.15, 0.2) is 0 Å². The Morgan fingerprint density at radius 1 is 1.09 bits per heavy atom. The van der Waals surface area contributed by atoms with Gasteiger partial charge >= 0.3 is 11.9 Å². The molecule has 56 heavy (non-hydrogen) atoms. The van der Waals surface area contributed by atoms with E-state index < -0.39 is 69.7 Å². The summed E-state index contributed by atoms with van der Waals surface area (Å²) in [7, 11) is 0. The molecule has 0 radical (unpaired) electrons. The molecule has 0 spiro atoms. The molecule has 1 aromatic heterocycles. The molecule has 2 aliphatic heterocycles. The smallest absolute Gasteiger partial charge is 0.325 e. The Labute approximate surface area is 342 Å². The molecular weight excluding hydrogens is 789 g/mol. The van der Waals surface area contributed by atoms with Crippen molar-refractivity contribution in [2.75, 3.05) is 39.6 Å². The molecule has 308 valence electrons. The van der Waals surface area contributed by atoms with Crippen molar-refractivity contribution >= 4 is 81.4 Å². The summed E-state index contributed by atoms with van der Waals surface area (Å²) in [4.78, 5) is 70.4. The number of pyridine rings is 1. The molecule has 1 aromatic carbocycles. The van der Waals surface area contributed by atoms with Crippen LogP contribution in [-0.2, 0) is 42.9 Å². The summed E-state index contributed by atoms with van der Waals surface area (Å²) in [6.45, 7) is 13.0. The lowest BCUT2D eigenvalue weighted by molar-refractivity contribution is -0.156. The van der Waals surface area contributed by atoms with E-state index in [9.17, 15) is 24.0 Å². The van der Waals surface area contributed by atoms with Crippen molar-refractivity contribution in [3.05, 3.63) is 47.7 Å². The van der Waals surface area contributed by atoms with Gasteiger partial charge in [0.25, 0.3) is 5.91 Å². The number of halogens is 3. The fraction of sp³-hybridized carbons (Fsp3) is 0.590. The van der Waals surface area contributed by atoms with E-state index in [1.165, 1.54) is 11.9 Å². The summed E-state index contributed by atoms with van der Waals surface area (Å²) in [5.74, 6) is -2.98. The van der Waals surface area contributed by atoms with E-state index in [0.29, 0.717) is 43.9 Å². The minimum atomic E-state index is -1.80. The van der Waals surface area contributed by atoms with Crippen LogP contribution in [0.25, 0.3) is 17.0 Å². The molecule has 14 nitrogen and oxygen atoms in total. The van der Waals surface area contributed by atoms with Gasteiger partial charge in [-0.15, -0.1) is 0 Å². The first kappa shape index (κ1) is 45.2. The number of alkyl halides is 3. The van der Waals surface area contributed by atoms with E-state index >= 15 is 0 Å². The highest BCUT2D eigenvalue weighted by molar-refractivity contribution is 6.67. The second-order valence-electron chi connectivity index (χ2n) is 15.6. The number of carbonyl (C=O) groups is 5. The van der Waals surface area contributed by atoms with Crippen LogP contribution in [-0.4, -0.2) is 101 Å². The van der Waals surface area contributed by atoms with E-state index in [0.717, 1.165) is 10.9 Å². The number of hydrogen-bond acceptors (Lipinski definition) is 11. The molecule has 4 unspecified atom stereocenters. The summed E-state index contributed by atoms with van der Waals surface area (Å²) in [6, 6.07) is 6.34. The number of hydrogen-bond donors (Lipinski definition) is 3. The maximum atomic E-state index is 13.9. The van der Waals surface area contributed by atoms with E-state index in [1.807, 2.05) is 37.3 Å². The summed E-state index contributed by atoms with van der Waals surface area (Å²) >= 11 is 17.2. The largest absolute Gasteiger partial charge is 0.460 e. The van der Waals surface area contributed by atoms with Crippen molar-refractivity contribution in [3.8, 4) is 0 Å². The molecule has 17 heteroatoms. The van der Waals surface area contributed by atoms with Gasteiger partial charge in [0.2, 0.25) is 15.6 Å². The van der Waals surface area contributed by atoms with E-state index in [1.54, 1.807) is 46.8 Å². The lowest BCUT2D eigenvalue weighted by atomic mass is 9.89. The van der Waals surface area contributed by atoms with Crippen molar-refractivity contribution in [1.29, 1.82) is 0 Å². The molecule has 2 aromatic rings. The number of aromatic nitrogens is 1. The average molecular weight is 841 g/mol. The molecule has 0 bridgehead atoms. The number of carbonyl (C=O) groups excluding carboxylic acids is 5. The summed E-state index contributed by atoms with van der Waals surface area (Å²) in [6.07, 6.45) is 3.87. The zero-order valence-corrected chi connectivity index (χ0v) is 35.1. The first-order chi connectivity index (χ1) is 26.2. The van der Waals surface area contributed by atoms with Gasteiger partial charge in [-0.1, -0.05) is 85.9 Å². The number of nitrogens with one attached hydrogen (secondary N) is 3. The van der Waals surface area contributed by atoms with Crippen LogP contribution in [0.4, 0.5) is 0 Å². The number of amides is 3. The maximum absolute atomic E-state index is 13.9. The Morgan fingerprint density at radius 3 is 2.41 bits per heavy atom. The van der Waals surface area contributed by atoms with Gasteiger partial charge in [-0.05, 0) is 57.2 Å². The standard InChI is InChI=1S/C39H52Cl3N5O9/c1-23(2)32(45-36(52)37(5,6)15-14-26-10-11-27-12-13-28(43-30(27)17-26)24(3)56-25(4)48)33(49)44-31(18-53-19-38(7)20-54-21-38)34(50)47-16-8-9-29(46-47)35(51)55-22-39(40,41)42/h10-15,17,23-24,29,31-32,46H,8-9,16,18-22H2,1-7H3,(H,44,49)(H,45,52). The number of nitrogens with zero attached hydrogens (tertiary/aromatic N) is 2. The first-order valence-corrected chi connectivity index (χ1v) is 19.6. The molecule has 2 aliphatic rings. The number of benzene rings is 1. The molecule has 3 heterocycles. The fourth-order valence-electron chi connectivity index (χ4n) is 5.98. The minimum Gasteiger partial charge on any atom is -0.460 e. The highest BCUT2D eigenvalue weighted by Crippen LogP contribution is 2.28. The van der Waals surface area contributed by atoms with Crippen LogP contribution in [0.5, 0.6) is 0 Å². The monoisotopic (exact) mass is 839 g/mol. The predicted molar refractivity (Wildman–Crippen MR) is 212 cm³/mol. The molecule has 4 rings (SSSR count). The quantitative estimate of drug-likeness (QED) is 0.154. The van der Waals surface area contributed by atoms with Crippen LogP contribution >= 0.6 is 34.8 Å². The summed E-state index contributed by atoms with van der Waals surface area (Å²) in [5.41, 5.74) is 3.70. The Morgan fingerprint density at radius 2 is 1.79 bits per heavy atom. The highest BCUT2D eigenvalue weighted by atomic mass is 35.6. The molecular formula is C39H52Cl3N5O9. The Bertz CT molecular complexity index is 1780. The second-order valence-corrected chi connectivity index (χ2v) is 18.1. The number of fused-ring (bicyclic) bond motifs is 1. The molecule has 4 atom stereocenters. The van der Waals surface area contributed by atoms with Crippen molar-refractivity contribution in [3.63, 3.8) is 0 Å². The molecule has 0 aliphatic carbocycles. The number of ether oxygens (including phenoxy) is 4. The fourth-order valence-corrected chi connectivity index (χ4v) is 6.15. The van der Waals surface area contributed by atoms with Gasteiger partial charge in [0, 0.05) is 24.3 Å². The minimum absolute atomic E-state index is 0.168. The van der Waals surface area contributed by atoms with Crippen LogP contribution in [0.2, 0.25) is 0 Å². The Hall–Kier alpha value is -3.53. The maximum Gasteiger partial charge on any atom is 0.325 e. The molecule has 3 N–H and O–H groups in total. The normalized spacial score (nSPS) is 18.8. The van der Waals surface area contributed by atoms with Crippen molar-refractivity contribution < 1.29 is 42.9 Å². The van der Waals surface area contributed by atoms with E-state index in [-0.39, 0.29) is 24.5 Å². The van der Waals surface area contributed by atoms with Gasteiger partial charge in [0.05, 0.1) is 43.1 Å². The topological polar surface area (TPSA) is 174 Å². The van der Waals surface area contributed by atoms with E-state index in [4.69, 9.17) is 53.8 Å². The lowest BCUT2D eigenvalue weighted by Crippen LogP contribution is -2.63. The van der Waals surface area contributed by atoms with Crippen LogP contribution < -0.4 is 16.1 Å². The van der Waals surface area contributed by atoms with Gasteiger partial charge in [-0.3, -0.25) is 29.0 Å². The van der Waals surface area contributed by atoms with Crippen LogP contribution in [0.1, 0.15) is 78.7 Å². The average Bonchev–Trinajstić information content (AvgIpc) is 3.12. The Kier molecular flexibility index (Phi) is 15.6. The van der Waals surface area contributed by atoms with Gasteiger partial charge < -0.3 is 29.6 Å². The SMILES string of the molecule is CC(=O)OC(C)c1ccc2ccc(C=CC(C)(C)C(=O)NC(C(=O)NC(COCC3(C)COC3)C(=O)N3CCCC(C(=O)OCC(Cl)(Cl)Cl)N3)C(C)C)cc2n1. The van der Waals surface area contributed by atoms with Crippen LogP contribution in [0, 0.1) is 16.7 Å². The van der Waals surface area contributed by atoms with Gasteiger partial charge in [-0.2, -0.15) is 0 Å². The lowest BCUT2D eigenvalue weighted by Gasteiger charge is -2.38. The van der Waals surface area contributed by atoms with Crippen molar-refractivity contribution in [2.24, 2.45) is 16.7 Å². The number of esters is 2. The van der Waals surface area contributed by atoms with Crippen LogP contribution in [0.15, 0.2) is 36.4 Å². The third kappa shape index (κ3) is 13.0. The summed E-state index contributed by atoms with van der Waals surface area (Å²) < 4.78 is 19.9. The van der Waals surface area contributed by atoms with Gasteiger partial charge in [0.1, 0.15) is 30.8 Å². The van der Waals surface area contributed by atoms with Gasteiger partial charge in [-0.25, -0.2) is 10.4 Å². The zero-order chi connectivity index (χ0) is 41.4. The predicted octanol–water partition coefficient (Wildman–Crippen LogP) is 4.99. The molecule has 0 saturated carbocycles. The van der Waals surface area contributed by atoms with Crippen molar-refractivity contribution in [1.82, 2.24) is 26.1 Å². The summed E-state index contributed by atoms with van der Waals surface area (Å²) in [5, 5.41) is 7.83. The zero-order valence-electron chi connectivity index (χ0n) is 32.8.